The third-order valence-electron chi connectivity index (χ3n) is 2.90. The highest BCUT2D eigenvalue weighted by atomic mass is 79.9. The number of benzene rings is 1. The number of nitrogens with one attached hydrogen (secondary N) is 2. The summed E-state index contributed by atoms with van der Waals surface area (Å²) in [6.07, 6.45) is 0. The topological polar surface area (TPSA) is 92.0 Å². The molecule has 0 amide bonds. The molecule has 2 rings (SSSR count). The molecule has 0 saturated carbocycles. The van der Waals surface area contributed by atoms with Crippen LogP contribution in [0.3, 0.4) is 0 Å². The van der Waals surface area contributed by atoms with E-state index in [4.69, 9.17) is 5.84 Å². The van der Waals surface area contributed by atoms with Crippen molar-refractivity contribution in [1.29, 1.82) is 0 Å². The quantitative estimate of drug-likeness (QED) is 0.543. The number of hydrazine groups is 1. The maximum atomic E-state index is 5.43. The number of hydrogen-bond acceptors (Lipinski definition) is 7. The Balaban J connectivity index is 2.29. The summed E-state index contributed by atoms with van der Waals surface area (Å²) in [4.78, 5) is 14.9. The smallest absolute Gasteiger partial charge is 0.243 e. The standard InChI is InChI=1S/C13H18BrN7/c1-3-21(4-2)13-18-11(17-12(19-13)20-15)16-10-7-5-9(14)6-8-10/h5-8H,3-4,15H2,1-2H3,(H2,16,17,18,19,20). The van der Waals surface area contributed by atoms with Crippen molar-refractivity contribution >= 4 is 39.5 Å². The Labute approximate surface area is 132 Å². The fraction of sp³-hybridized carbons (Fsp3) is 0.308. The maximum absolute atomic E-state index is 5.43. The molecule has 8 heteroatoms. The normalized spacial score (nSPS) is 10.3. The van der Waals surface area contributed by atoms with E-state index in [-0.39, 0.29) is 0 Å². The van der Waals surface area contributed by atoms with Crippen LogP contribution in [0.1, 0.15) is 13.8 Å². The average molecular weight is 352 g/mol. The molecule has 0 saturated heterocycles. The monoisotopic (exact) mass is 351 g/mol. The van der Waals surface area contributed by atoms with E-state index in [0.29, 0.717) is 17.8 Å². The predicted molar refractivity (Wildman–Crippen MR) is 88.6 cm³/mol. The first kappa shape index (κ1) is 15.5. The third kappa shape index (κ3) is 4.02. The summed E-state index contributed by atoms with van der Waals surface area (Å²) in [5, 5.41) is 3.14. The summed E-state index contributed by atoms with van der Waals surface area (Å²) in [5.41, 5.74) is 3.36. The van der Waals surface area contributed by atoms with Crippen LogP contribution in [0.5, 0.6) is 0 Å². The third-order valence-corrected chi connectivity index (χ3v) is 3.43. The second kappa shape index (κ2) is 7.19. The van der Waals surface area contributed by atoms with Gasteiger partial charge in [0.2, 0.25) is 17.8 Å². The molecule has 2 aromatic rings. The molecule has 0 fully saturated rings. The summed E-state index contributed by atoms with van der Waals surface area (Å²) in [5.74, 6) is 6.79. The molecule has 0 aliphatic rings. The van der Waals surface area contributed by atoms with E-state index in [0.717, 1.165) is 23.2 Å². The lowest BCUT2D eigenvalue weighted by Crippen LogP contribution is -2.25. The molecule has 21 heavy (non-hydrogen) atoms. The van der Waals surface area contributed by atoms with Gasteiger partial charge in [-0.2, -0.15) is 15.0 Å². The minimum atomic E-state index is 0.325. The van der Waals surface area contributed by atoms with Gasteiger partial charge < -0.3 is 10.2 Å². The number of nitrogens with two attached hydrogens (primary N) is 1. The summed E-state index contributed by atoms with van der Waals surface area (Å²) in [7, 11) is 0. The number of aromatic nitrogens is 3. The Bertz CT molecular complexity index is 584. The summed E-state index contributed by atoms with van der Waals surface area (Å²) >= 11 is 3.40. The predicted octanol–water partition coefficient (Wildman–Crippen LogP) is 2.51. The molecule has 1 aromatic carbocycles. The van der Waals surface area contributed by atoms with Gasteiger partial charge in [0.25, 0.3) is 0 Å². The van der Waals surface area contributed by atoms with Crippen LogP contribution in [-0.2, 0) is 0 Å². The maximum Gasteiger partial charge on any atom is 0.243 e. The second-order valence-corrected chi connectivity index (χ2v) is 5.15. The first-order valence-corrected chi connectivity index (χ1v) is 7.45. The molecule has 112 valence electrons. The number of rotatable bonds is 6. The zero-order chi connectivity index (χ0) is 15.2. The van der Waals surface area contributed by atoms with Crippen LogP contribution >= 0.6 is 15.9 Å². The van der Waals surface area contributed by atoms with Crippen molar-refractivity contribution in [3.05, 3.63) is 28.7 Å². The molecule has 0 bridgehead atoms. The van der Waals surface area contributed by atoms with Crippen molar-refractivity contribution < 1.29 is 0 Å². The van der Waals surface area contributed by atoms with E-state index in [1.165, 1.54) is 0 Å². The van der Waals surface area contributed by atoms with E-state index in [1.54, 1.807) is 0 Å². The van der Waals surface area contributed by atoms with Gasteiger partial charge in [-0.05, 0) is 38.1 Å². The Morgan fingerprint density at radius 2 is 1.67 bits per heavy atom. The highest BCUT2D eigenvalue weighted by molar-refractivity contribution is 9.10. The van der Waals surface area contributed by atoms with Crippen molar-refractivity contribution in [2.24, 2.45) is 5.84 Å². The number of nitrogens with zero attached hydrogens (tertiary/aromatic N) is 4. The fourth-order valence-corrected chi connectivity index (χ4v) is 2.06. The van der Waals surface area contributed by atoms with Gasteiger partial charge in [0.1, 0.15) is 0 Å². The average Bonchev–Trinajstić information content (AvgIpc) is 2.50. The Kier molecular flexibility index (Phi) is 5.29. The zero-order valence-electron chi connectivity index (χ0n) is 12.0. The lowest BCUT2D eigenvalue weighted by molar-refractivity contribution is 0.814. The van der Waals surface area contributed by atoms with Crippen molar-refractivity contribution in [2.75, 3.05) is 28.7 Å². The van der Waals surface area contributed by atoms with E-state index in [1.807, 2.05) is 43.0 Å². The summed E-state index contributed by atoms with van der Waals surface area (Å²) in [6.45, 7) is 5.71. The largest absolute Gasteiger partial charge is 0.341 e. The molecular weight excluding hydrogens is 334 g/mol. The van der Waals surface area contributed by atoms with Gasteiger partial charge in [0.15, 0.2) is 0 Å². The van der Waals surface area contributed by atoms with Crippen LogP contribution in [-0.4, -0.2) is 28.0 Å². The highest BCUT2D eigenvalue weighted by Crippen LogP contribution is 2.19. The second-order valence-electron chi connectivity index (χ2n) is 4.23. The first-order valence-electron chi connectivity index (χ1n) is 6.66. The van der Waals surface area contributed by atoms with Crippen LogP contribution in [0.25, 0.3) is 0 Å². The molecular formula is C13H18BrN7. The lowest BCUT2D eigenvalue weighted by Gasteiger charge is -2.19. The van der Waals surface area contributed by atoms with Gasteiger partial charge in [0.05, 0.1) is 0 Å². The van der Waals surface area contributed by atoms with E-state index >= 15 is 0 Å². The van der Waals surface area contributed by atoms with Crippen LogP contribution in [0, 0.1) is 0 Å². The van der Waals surface area contributed by atoms with Crippen LogP contribution in [0.2, 0.25) is 0 Å². The molecule has 1 aromatic heterocycles. The van der Waals surface area contributed by atoms with Crippen LogP contribution in [0.4, 0.5) is 23.5 Å². The minimum absolute atomic E-state index is 0.325. The summed E-state index contributed by atoms with van der Waals surface area (Å²) in [6, 6.07) is 7.74. The summed E-state index contributed by atoms with van der Waals surface area (Å²) < 4.78 is 1.01. The van der Waals surface area contributed by atoms with Crippen LogP contribution in [0.15, 0.2) is 28.7 Å². The lowest BCUT2D eigenvalue weighted by atomic mass is 10.3. The van der Waals surface area contributed by atoms with Crippen molar-refractivity contribution in [3.8, 4) is 0 Å². The zero-order valence-corrected chi connectivity index (χ0v) is 13.6. The fourth-order valence-electron chi connectivity index (χ4n) is 1.80. The first-order chi connectivity index (χ1) is 10.2. The molecule has 4 N–H and O–H groups in total. The number of nitrogen functional groups attached to an aromatic ring is 1. The molecule has 7 nitrogen and oxygen atoms in total. The van der Waals surface area contributed by atoms with Crippen molar-refractivity contribution in [2.45, 2.75) is 13.8 Å². The minimum Gasteiger partial charge on any atom is -0.341 e. The van der Waals surface area contributed by atoms with Gasteiger partial charge in [-0.25, -0.2) is 5.84 Å². The van der Waals surface area contributed by atoms with Gasteiger partial charge in [-0.15, -0.1) is 0 Å². The Morgan fingerprint density at radius 1 is 1.05 bits per heavy atom. The number of halogens is 1. The number of anilines is 4. The Morgan fingerprint density at radius 3 is 2.24 bits per heavy atom. The van der Waals surface area contributed by atoms with Gasteiger partial charge >= 0.3 is 0 Å². The highest BCUT2D eigenvalue weighted by Gasteiger charge is 2.10. The van der Waals surface area contributed by atoms with Gasteiger partial charge in [-0.1, -0.05) is 15.9 Å². The van der Waals surface area contributed by atoms with Crippen molar-refractivity contribution in [3.63, 3.8) is 0 Å². The van der Waals surface area contributed by atoms with E-state index < -0.39 is 0 Å². The Hall–Kier alpha value is -1.93. The molecule has 1 heterocycles. The van der Waals surface area contributed by atoms with Gasteiger partial charge in [0, 0.05) is 23.2 Å². The molecule has 0 atom stereocenters. The van der Waals surface area contributed by atoms with E-state index in [2.05, 4.69) is 41.6 Å². The molecule has 0 aliphatic carbocycles. The van der Waals surface area contributed by atoms with Crippen molar-refractivity contribution in [1.82, 2.24) is 15.0 Å². The molecule has 0 unspecified atom stereocenters. The molecule has 0 radical (unpaired) electrons. The molecule has 0 spiro atoms. The van der Waals surface area contributed by atoms with E-state index in [9.17, 15) is 0 Å². The van der Waals surface area contributed by atoms with Crippen LogP contribution < -0.4 is 21.5 Å². The number of hydrogen-bond donors (Lipinski definition) is 3. The molecule has 0 aliphatic heterocycles. The van der Waals surface area contributed by atoms with Gasteiger partial charge in [-0.3, -0.25) is 5.43 Å². The SMILES string of the molecule is CCN(CC)c1nc(NN)nc(Nc2ccc(Br)cc2)n1.